The number of aromatic nitrogens is 2. The number of imidazole rings is 1. The summed E-state index contributed by atoms with van der Waals surface area (Å²) in [5.41, 5.74) is 7.29. The number of aliphatic imine (C=N–C) groups is 1. The molecule has 0 bridgehead atoms. The molecule has 0 spiro atoms. The highest BCUT2D eigenvalue weighted by Gasteiger charge is 2.13. The van der Waals surface area contributed by atoms with Crippen LogP contribution in [0.4, 0.5) is 0 Å². The predicted octanol–water partition coefficient (Wildman–Crippen LogP) is 3.23. The number of pyridine rings is 1. The van der Waals surface area contributed by atoms with Crippen molar-refractivity contribution in [3.05, 3.63) is 77.3 Å². The Bertz CT molecular complexity index is 1030. The lowest BCUT2D eigenvalue weighted by Gasteiger charge is -2.25. The number of ether oxygens (including phenoxy) is 1. The minimum Gasteiger partial charge on any atom is -0.379 e. The second-order valence-corrected chi connectivity index (χ2v) is 7.48. The van der Waals surface area contributed by atoms with E-state index in [1.165, 1.54) is 22.3 Å². The lowest BCUT2D eigenvalue weighted by Crippen LogP contribution is -2.35. The van der Waals surface area contributed by atoms with Gasteiger partial charge in [-0.05, 0) is 40.8 Å². The Labute approximate surface area is 165 Å². The van der Waals surface area contributed by atoms with Crippen LogP contribution in [0.15, 0.2) is 59.9 Å². The van der Waals surface area contributed by atoms with Gasteiger partial charge in [0.05, 0.1) is 25.5 Å². The molecule has 0 unspecified atom stereocenters. The average Bonchev–Trinajstić information content (AvgIpc) is 3.39. The highest BCUT2D eigenvalue weighted by molar-refractivity contribution is 5.89. The summed E-state index contributed by atoms with van der Waals surface area (Å²) in [6.07, 6.45) is 9.26. The van der Waals surface area contributed by atoms with E-state index in [4.69, 9.17) is 9.72 Å². The molecule has 1 aromatic carbocycles. The van der Waals surface area contributed by atoms with E-state index >= 15 is 0 Å². The molecule has 5 nitrogen and oxygen atoms in total. The highest BCUT2D eigenvalue weighted by Crippen LogP contribution is 2.19. The third kappa shape index (κ3) is 3.77. The Hall–Kier alpha value is -2.76. The molecule has 0 saturated carbocycles. The van der Waals surface area contributed by atoms with Crippen molar-refractivity contribution in [3.8, 4) is 0 Å². The Kier molecular flexibility index (Phi) is 4.77. The van der Waals surface area contributed by atoms with Gasteiger partial charge in [-0.3, -0.25) is 9.89 Å². The summed E-state index contributed by atoms with van der Waals surface area (Å²) < 4.78 is 7.58. The Morgan fingerprint density at radius 1 is 0.929 bits per heavy atom. The van der Waals surface area contributed by atoms with Gasteiger partial charge in [0.25, 0.3) is 0 Å². The number of hydrogen-bond donors (Lipinski definition) is 0. The van der Waals surface area contributed by atoms with Crippen molar-refractivity contribution in [2.75, 3.05) is 32.8 Å². The molecule has 2 aromatic heterocycles. The molecule has 28 heavy (non-hydrogen) atoms. The first-order chi connectivity index (χ1) is 13.8. The Morgan fingerprint density at radius 2 is 1.75 bits per heavy atom. The largest absolute Gasteiger partial charge is 0.379 e. The maximum atomic E-state index is 5.43. The van der Waals surface area contributed by atoms with E-state index in [1.54, 1.807) is 0 Å². The summed E-state index contributed by atoms with van der Waals surface area (Å²) in [4.78, 5) is 11.4. The second-order valence-electron chi connectivity index (χ2n) is 7.48. The van der Waals surface area contributed by atoms with Crippen LogP contribution in [0.2, 0.25) is 0 Å². The van der Waals surface area contributed by atoms with E-state index in [-0.39, 0.29) is 0 Å². The lowest BCUT2D eigenvalue weighted by atomic mass is 10.0. The molecule has 0 radical (unpaired) electrons. The summed E-state index contributed by atoms with van der Waals surface area (Å²) >= 11 is 0. The van der Waals surface area contributed by atoms with Crippen LogP contribution in [0.1, 0.15) is 22.4 Å². The normalized spacial score (nSPS) is 17.4. The third-order valence-corrected chi connectivity index (χ3v) is 5.43. The van der Waals surface area contributed by atoms with Crippen LogP contribution in [0.25, 0.3) is 11.2 Å². The molecule has 2 aliphatic heterocycles. The average molecular weight is 372 g/mol. The molecule has 5 heteroatoms. The van der Waals surface area contributed by atoms with Crippen LogP contribution in [-0.4, -0.2) is 53.3 Å². The molecule has 2 aliphatic rings. The first-order valence-electron chi connectivity index (χ1n) is 9.88. The molecule has 4 heterocycles. The van der Waals surface area contributed by atoms with Crippen LogP contribution in [0, 0.1) is 0 Å². The van der Waals surface area contributed by atoms with Crippen molar-refractivity contribution in [3.63, 3.8) is 0 Å². The SMILES string of the molecule is C1=NCC(c2ccc(Cc3ccc4nc(CN5CCOCC5)cn4c3)cc2)=C1. The van der Waals surface area contributed by atoms with Gasteiger partial charge in [-0.1, -0.05) is 30.3 Å². The lowest BCUT2D eigenvalue weighted by molar-refractivity contribution is 0.0337. The van der Waals surface area contributed by atoms with E-state index in [0.717, 1.165) is 57.2 Å². The molecule has 0 aliphatic carbocycles. The van der Waals surface area contributed by atoms with Crippen LogP contribution in [0.5, 0.6) is 0 Å². The smallest absolute Gasteiger partial charge is 0.137 e. The fourth-order valence-electron chi connectivity index (χ4n) is 3.87. The Balaban J connectivity index is 1.29. The van der Waals surface area contributed by atoms with Gasteiger partial charge < -0.3 is 9.14 Å². The molecule has 5 rings (SSSR count). The Morgan fingerprint density at radius 3 is 2.54 bits per heavy atom. The first-order valence-corrected chi connectivity index (χ1v) is 9.88. The molecular weight excluding hydrogens is 348 g/mol. The van der Waals surface area contributed by atoms with Crippen molar-refractivity contribution in [2.24, 2.45) is 4.99 Å². The molecule has 1 saturated heterocycles. The van der Waals surface area contributed by atoms with Crippen molar-refractivity contribution >= 4 is 17.4 Å². The molecule has 0 N–H and O–H groups in total. The standard InChI is InChI=1S/C23H24N4O/c1-4-20(21-7-8-24-14-21)5-2-18(1)13-19-3-6-23-25-22(17-27(23)15-19)16-26-9-11-28-12-10-26/h1-8,15,17H,9-14,16H2. The van der Waals surface area contributed by atoms with Crippen molar-refractivity contribution in [1.29, 1.82) is 0 Å². The van der Waals surface area contributed by atoms with Crippen LogP contribution in [0.3, 0.4) is 0 Å². The maximum absolute atomic E-state index is 5.43. The van der Waals surface area contributed by atoms with Gasteiger partial charge in [-0.25, -0.2) is 4.98 Å². The molecule has 142 valence electrons. The van der Waals surface area contributed by atoms with Gasteiger partial charge in [0.2, 0.25) is 0 Å². The van der Waals surface area contributed by atoms with E-state index in [0.29, 0.717) is 0 Å². The number of allylic oxidation sites excluding steroid dienone is 1. The summed E-state index contributed by atoms with van der Waals surface area (Å²) in [5, 5.41) is 0. The van der Waals surface area contributed by atoms with E-state index in [1.807, 2.05) is 6.21 Å². The number of hydrogen-bond acceptors (Lipinski definition) is 4. The van der Waals surface area contributed by atoms with Crippen molar-refractivity contribution < 1.29 is 4.74 Å². The number of benzene rings is 1. The van der Waals surface area contributed by atoms with Gasteiger partial charge in [-0.2, -0.15) is 0 Å². The first kappa shape index (κ1) is 17.3. The zero-order chi connectivity index (χ0) is 18.8. The number of morpholine rings is 1. The quantitative estimate of drug-likeness (QED) is 0.691. The summed E-state index contributed by atoms with van der Waals surface area (Å²) in [6, 6.07) is 13.1. The third-order valence-electron chi connectivity index (χ3n) is 5.43. The number of nitrogens with zero attached hydrogens (tertiary/aromatic N) is 4. The molecule has 3 aromatic rings. The van der Waals surface area contributed by atoms with Crippen molar-refractivity contribution in [1.82, 2.24) is 14.3 Å². The van der Waals surface area contributed by atoms with Gasteiger partial charge in [-0.15, -0.1) is 0 Å². The monoisotopic (exact) mass is 372 g/mol. The van der Waals surface area contributed by atoms with Crippen LogP contribution >= 0.6 is 0 Å². The summed E-state index contributed by atoms with van der Waals surface area (Å²) in [5.74, 6) is 0. The predicted molar refractivity (Wildman–Crippen MR) is 112 cm³/mol. The summed E-state index contributed by atoms with van der Waals surface area (Å²) in [6.45, 7) is 5.29. The van der Waals surface area contributed by atoms with Crippen LogP contribution in [-0.2, 0) is 17.7 Å². The van der Waals surface area contributed by atoms with Gasteiger partial charge >= 0.3 is 0 Å². The van der Waals surface area contributed by atoms with Crippen LogP contribution < -0.4 is 0 Å². The fourth-order valence-corrected chi connectivity index (χ4v) is 3.87. The van der Waals surface area contributed by atoms with E-state index in [9.17, 15) is 0 Å². The minimum absolute atomic E-state index is 0.795. The zero-order valence-corrected chi connectivity index (χ0v) is 15.9. The fraction of sp³-hybridized carbons (Fsp3) is 0.304. The number of rotatable bonds is 5. The second kappa shape index (κ2) is 7.70. The molecule has 0 amide bonds. The topological polar surface area (TPSA) is 42.1 Å². The van der Waals surface area contributed by atoms with Gasteiger partial charge in [0, 0.05) is 38.2 Å². The summed E-state index contributed by atoms with van der Waals surface area (Å²) in [7, 11) is 0. The van der Waals surface area contributed by atoms with Crippen molar-refractivity contribution in [2.45, 2.75) is 13.0 Å². The van der Waals surface area contributed by atoms with Gasteiger partial charge in [0.15, 0.2) is 0 Å². The zero-order valence-electron chi connectivity index (χ0n) is 15.9. The van der Waals surface area contributed by atoms with E-state index in [2.05, 4.69) is 69.2 Å². The molecular formula is C23H24N4O. The maximum Gasteiger partial charge on any atom is 0.137 e. The molecule has 1 fully saturated rings. The van der Waals surface area contributed by atoms with Gasteiger partial charge in [0.1, 0.15) is 5.65 Å². The van der Waals surface area contributed by atoms with E-state index < -0.39 is 0 Å². The molecule has 0 atom stereocenters. The highest BCUT2D eigenvalue weighted by atomic mass is 16.5. The minimum atomic E-state index is 0.795. The number of fused-ring (bicyclic) bond motifs is 1.